The molecule has 1 aromatic heterocycles. The second-order valence-electron chi connectivity index (χ2n) is 9.91. The van der Waals surface area contributed by atoms with Crippen LogP contribution in [0.5, 0.6) is 17.2 Å². The maximum Gasteiger partial charge on any atom is 0.249 e. The summed E-state index contributed by atoms with van der Waals surface area (Å²) in [7, 11) is 4.58. The number of amides is 2. The summed E-state index contributed by atoms with van der Waals surface area (Å²) in [4.78, 5) is 30.0. The Kier molecular flexibility index (Phi) is 8.57. The normalized spacial score (nSPS) is 12.1. The number of benzene rings is 3. The Morgan fingerprint density at radius 1 is 0.975 bits per heavy atom. The minimum absolute atomic E-state index is 0.162. The van der Waals surface area contributed by atoms with Crippen molar-refractivity contribution in [3.63, 3.8) is 0 Å². The van der Waals surface area contributed by atoms with Crippen molar-refractivity contribution < 1.29 is 23.8 Å². The van der Waals surface area contributed by atoms with E-state index in [1.54, 1.807) is 49.6 Å². The standard InChI is InChI=1S/C30H35N5O5/c1-7-30(2,3)31-29(37)27(22-14-11-17-25(39-5)28(22)40-6)35(20-12-10-13-21(18-20)38-4)26(36)19-34-24-16-9-8-15-23(24)32-33-34/h8-18,27H,7,19H2,1-6H3,(H,31,37). The van der Waals surface area contributed by atoms with Gasteiger partial charge in [-0.05, 0) is 50.6 Å². The first kappa shape index (κ1) is 28.4. The average Bonchev–Trinajstić information content (AvgIpc) is 3.37. The maximum atomic E-state index is 14.3. The number of carbonyl (C=O) groups is 2. The highest BCUT2D eigenvalue weighted by atomic mass is 16.5. The molecule has 2 amide bonds. The third kappa shape index (κ3) is 5.85. The van der Waals surface area contributed by atoms with Gasteiger partial charge in [0.15, 0.2) is 11.5 Å². The lowest BCUT2D eigenvalue weighted by Gasteiger charge is -2.35. The Morgan fingerprint density at radius 3 is 2.42 bits per heavy atom. The molecule has 10 nitrogen and oxygen atoms in total. The number of fused-ring (bicyclic) bond motifs is 1. The van der Waals surface area contributed by atoms with Crippen LogP contribution in [0.1, 0.15) is 38.8 Å². The van der Waals surface area contributed by atoms with Crippen LogP contribution in [-0.2, 0) is 16.1 Å². The highest BCUT2D eigenvalue weighted by Gasteiger charge is 2.38. The van der Waals surface area contributed by atoms with Crippen LogP contribution in [0.4, 0.5) is 5.69 Å². The summed E-state index contributed by atoms with van der Waals surface area (Å²) in [6.45, 7) is 5.70. The minimum atomic E-state index is -1.12. The van der Waals surface area contributed by atoms with E-state index in [9.17, 15) is 9.59 Å². The number of rotatable bonds is 11. The van der Waals surface area contributed by atoms with Crippen molar-refractivity contribution in [3.05, 3.63) is 72.3 Å². The molecule has 10 heteroatoms. The summed E-state index contributed by atoms with van der Waals surface area (Å²) in [5.74, 6) is 0.563. The third-order valence-electron chi connectivity index (χ3n) is 6.89. The molecule has 0 aliphatic rings. The van der Waals surface area contributed by atoms with Crippen LogP contribution in [0.25, 0.3) is 11.0 Å². The Morgan fingerprint density at radius 2 is 1.73 bits per heavy atom. The first-order chi connectivity index (χ1) is 19.2. The molecule has 0 aliphatic heterocycles. The number of carbonyl (C=O) groups excluding carboxylic acids is 2. The van der Waals surface area contributed by atoms with Gasteiger partial charge in [0.2, 0.25) is 11.8 Å². The molecule has 0 fully saturated rings. The van der Waals surface area contributed by atoms with Gasteiger partial charge in [0.1, 0.15) is 23.9 Å². The summed E-state index contributed by atoms with van der Waals surface area (Å²) < 4.78 is 18.3. The fraction of sp³-hybridized carbons (Fsp3) is 0.333. The van der Waals surface area contributed by atoms with Gasteiger partial charge >= 0.3 is 0 Å². The summed E-state index contributed by atoms with van der Waals surface area (Å²) in [6, 6.07) is 18.6. The van der Waals surface area contributed by atoms with E-state index in [-0.39, 0.29) is 18.4 Å². The first-order valence-electron chi connectivity index (χ1n) is 13.0. The molecular formula is C30H35N5O5. The fourth-order valence-electron chi connectivity index (χ4n) is 4.45. The lowest BCUT2D eigenvalue weighted by atomic mass is 9.97. The molecule has 1 N–H and O–H groups in total. The third-order valence-corrected chi connectivity index (χ3v) is 6.89. The summed E-state index contributed by atoms with van der Waals surface area (Å²) >= 11 is 0. The van der Waals surface area contributed by atoms with Crippen LogP contribution >= 0.6 is 0 Å². The SMILES string of the molecule is CCC(C)(C)NC(=O)C(c1cccc(OC)c1OC)N(C(=O)Cn1nnc2ccccc21)c1cccc(OC)c1. The van der Waals surface area contributed by atoms with Crippen LogP contribution in [0, 0.1) is 0 Å². The van der Waals surface area contributed by atoms with E-state index in [2.05, 4.69) is 15.6 Å². The smallest absolute Gasteiger partial charge is 0.249 e. The molecule has 0 aliphatic carbocycles. The summed E-state index contributed by atoms with van der Waals surface area (Å²) in [5, 5.41) is 11.5. The number of nitrogens with zero attached hydrogens (tertiary/aromatic N) is 4. The lowest BCUT2D eigenvalue weighted by molar-refractivity contribution is -0.128. The van der Waals surface area contributed by atoms with Crippen LogP contribution in [0.2, 0.25) is 0 Å². The van der Waals surface area contributed by atoms with E-state index in [0.29, 0.717) is 46.0 Å². The van der Waals surface area contributed by atoms with Gasteiger partial charge < -0.3 is 19.5 Å². The largest absolute Gasteiger partial charge is 0.497 e. The topological polar surface area (TPSA) is 108 Å². The van der Waals surface area contributed by atoms with E-state index >= 15 is 0 Å². The van der Waals surface area contributed by atoms with Crippen molar-refractivity contribution in [1.29, 1.82) is 0 Å². The number of ether oxygens (including phenoxy) is 3. The Balaban J connectivity index is 1.92. The zero-order valence-electron chi connectivity index (χ0n) is 23.7. The van der Waals surface area contributed by atoms with Gasteiger partial charge in [-0.3, -0.25) is 14.5 Å². The summed E-state index contributed by atoms with van der Waals surface area (Å²) in [5.41, 5.74) is 1.76. The number of methoxy groups -OCH3 is 3. The molecule has 3 aromatic carbocycles. The molecule has 1 atom stereocenters. The molecule has 0 saturated heterocycles. The molecule has 0 bridgehead atoms. The Hall–Kier alpha value is -4.60. The minimum Gasteiger partial charge on any atom is -0.497 e. The molecule has 0 spiro atoms. The Bertz CT molecular complexity index is 1500. The maximum absolute atomic E-state index is 14.3. The number of nitrogens with one attached hydrogen (secondary N) is 1. The van der Waals surface area contributed by atoms with Crippen molar-refractivity contribution in [2.75, 3.05) is 26.2 Å². The van der Waals surface area contributed by atoms with Gasteiger partial charge in [0.25, 0.3) is 0 Å². The number of aromatic nitrogens is 3. The van der Waals surface area contributed by atoms with E-state index < -0.39 is 11.6 Å². The van der Waals surface area contributed by atoms with E-state index in [1.165, 1.54) is 23.8 Å². The van der Waals surface area contributed by atoms with Crippen molar-refractivity contribution in [3.8, 4) is 17.2 Å². The molecule has 0 radical (unpaired) electrons. The number of anilines is 1. The fourth-order valence-corrected chi connectivity index (χ4v) is 4.45. The Labute approximate surface area is 233 Å². The van der Waals surface area contributed by atoms with E-state index in [0.717, 1.165) is 0 Å². The van der Waals surface area contributed by atoms with Crippen LogP contribution < -0.4 is 24.4 Å². The van der Waals surface area contributed by atoms with Crippen molar-refractivity contribution in [2.45, 2.75) is 45.3 Å². The van der Waals surface area contributed by atoms with Crippen LogP contribution in [-0.4, -0.2) is 53.7 Å². The van der Waals surface area contributed by atoms with Gasteiger partial charge in [0.05, 0.1) is 26.8 Å². The highest BCUT2D eigenvalue weighted by Crippen LogP contribution is 2.40. The van der Waals surface area contributed by atoms with Gasteiger partial charge in [0, 0.05) is 22.9 Å². The zero-order chi connectivity index (χ0) is 28.9. The monoisotopic (exact) mass is 545 g/mol. The van der Waals surface area contributed by atoms with E-state index in [4.69, 9.17) is 14.2 Å². The lowest BCUT2D eigenvalue weighted by Crippen LogP contribution is -2.51. The summed E-state index contributed by atoms with van der Waals surface area (Å²) in [6.07, 6.45) is 0.679. The molecule has 40 heavy (non-hydrogen) atoms. The molecule has 4 aromatic rings. The van der Waals surface area contributed by atoms with Crippen LogP contribution in [0.15, 0.2) is 66.7 Å². The molecule has 1 heterocycles. The molecular weight excluding hydrogens is 510 g/mol. The predicted molar refractivity (Wildman–Crippen MR) is 153 cm³/mol. The van der Waals surface area contributed by atoms with Crippen molar-refractivity contribution in [1.82, 2.24) is 20.3 Å². The predicted octanol–water partition coefficient (Wildman–Crippen LogP) is 4.54. The average molecular weight is 546 g/mol. The second-order valence-corrected chi connectivity index (χ2v) is 9.91. The van der Waals surface area contributed by atoms with Crippen LogP contribution in [0.3, 0.4) is 0 Å². The van der Waals surface area contributed by atoms with Gasteiger partial charge in [-0.1, -0.05) is 42.5 Å². The first-order valence-corrected chi connectivity index (χ1v) is 13.0. The second kappa shape index (κ2) is 12.1. The number of hydrogen-bond acceptors (Lipinski definition) is 7. The molecule has 1 unspecified atom stereocenters. The molecule has 4 rings (SSSR count). The van der Waals surface area contributed by atoms with Crippen molar-refractivity contribution in [2.24, 2.45) is 0 Å². The number of para-hydroxylation sites is 2. The van der Waals surface area contributed by atoms with Gasteiger partial charge in [-0.2, -0.15) is 0 Å². The van der Waals surface area contributed by atoms with E-state index in [1.807, 2.05) is 45.0 Å². The molecule has 0 saturated carbocycles. The van der Waals surface area contributed by atoms with Crippen molar-refractivity contribution >= 4 is 28.5 Å². The zero-order valence-corrected chi connectivity index (χ0v) is 23.7. The number of hydrogen-bond donors (Lipinski definition) is 1. The quantitative estimate of drug-likeness (QED) is 0.295. The van der Waals surface area contributed by atoms with Gasteiger partial charge in [-0.25, -0.2) is 4.68 Å². The molecule has 210 valence electrons. The van der Waals surface area contributed by atoms with Gasteiger partial charge in [-0.15, -0.1) is 5.10 Å². The highest BCUT2D eigenvalue weighted by molar-refractivity contribution is 6.02.